The van der Waals surface area contributed by atoms with Gasteiger partial charge in [0.1, 0.15) is 5.82 Å². The number of aromatic nitrogens is 3. The Hall–Kier alpha value is -1.63. The highest BCUT2D eigenvalue weighted by Crippen LogP contribution is 2.43. The summed E-state index contributed by atoms with van der Waals surface area (Å²) in [4.78, 5) is 8.41. The van der Waals surface area contributed by atoms with Crippen LogP contribution in [0.2, 0.25) is 5.02 Å². The van der Waals surface area contributed by atoms with E-state index in [1.54, 1.807) is 0 Å². The molecule has 132 valence electrons. The second-order valence-corrected chi connectivity index (χ2v) is 8.23. The van der Waals surface area contributed by atoms with E-state index in [4.69, 9.17) is 11.6 Å². The number of thiazole rings is 1. The molecule has 1 N–H and O–H groups in total. The topological polar surface area (TPSA) is 53.7 Å². The maximum Gasteiger partial charge on any atom is 0.230 e. The molecule has 25 heavy (non-hydrogen) atoms. The number of piperidine rings is 1. The number of halogens is 1. The average Bonchev–Trinajstić information content (AvgIpc) is 3.08. The molecule has 0 amide bonds. The molecule has 1 saturated heterocycles. The van der Waals surface area contributed by atoms with Gasteiger partial charge in [-0.15, -0.1) is 5.10 Å². The Labute approximate surface area is 155 Å². The zero-order chi connectivity index (χ0) is 17.6. The van der Waals surface area contributed by atoms with Crippen LogP contribution in [0, 0.1) is 12.8 Å². The molecule has 0 aliphatic carbocycles. The minimum Gasteiger partial charge on any atom is -0.492 e. The Morgan fingerprint density at radius 1 is 1.36 bits per heavy atom. The molecule has 1 aliphatic heterocycles. The SMILES string of the molecule is Cc1nc2sc([C@H](c3ccccc3Cl)N3CCC[C@@H](C)C3)c(O)n2n1. The lowest BCUT2D eigenvalue weighted by molar-refractivity contribution is 0.149. The number of aromatic hydroxyl groups is 1. The van der Waals surface area contributed by atoms with E-state index in [0.29, 0.717) is 16.7 Å². The van der Waals surface area contributed by atoms with Gasteiger partial charge >= 0.3 is 0 Å². The molecule has 2 aromatic heterocycles. The van der Waals surface area contributed by atoms with Gasteiger partial charge in [-0.25, -0.2) is 4.98 Å². The third kappa shape index (κ3) is 3.03. The van der Waals surface area contributed by atoms with E-state index in [9.17, 15) is 5.11 Å². The number of nitrogens with zero attached hydrogens (tertiary/aromatic N) is 4. The molecule has 0 bridgehead atoms. The molecule has 3 aromatic rings. The summed E-state index contributed by atoms with van der Waals surface area (Å²) in [7, 11) is 0. The molecule has 3 heterocycles. The van der Waals surface area contributed by atoms with E-state index in [1.165, 1.54) is 22.3 Å². The number of aryl methyl sites for hydroxylation is 1. The molecule has 0 radical (unpaired) electrons. The van der Waals surface area contributed by atoms with Gasteiger partial charge in [-0.2, -0.15) is 4.52 Å². The second kappa shape index (κ2) is 6.59. The van der Waals surface area contributed by atoms with Gasteiger partial charge in [0.05, 0.1) is 10.9 Å². The van der Waals surface area contributed by atoms with Gasteiger partial charge in [0.2, 0.25) is 10.8 Å². The molecular formula is C18H21ClN4OS. The van der Waals surface area contributed by atoms with Gasteiger partial charge in [0, 0.05) is 11.6 Å². The molecule has 0 unspecified atom stereocenters. The number of hydrogen-bond acceptors (Lipinski definition) is 5. The summed E-state index contributed by atoms with van der Waals surface area (Å²) in [6.07, 6.45) is 2.40. The Morgan fingerprint density at radius 2 is 2.16 bits per heavy atom. The lowest BCUT2D eigenvalue weighted by Gasteiger charge is -2.37. The molecule has 4 rings (SSSR count). The summed E-state index contributed by atoms with van der Waals surface area (Å²) in [6, 6.07) is 7.82. The van der Waals surface area contributed by atoms with Crippen LogP contribution in [0.4, 0.5) is 0 Å². The van der Waals surface area contributed by atoms with Crippen molar-refractivity contribution in [2.45, 2.75) is 32.7 Å². The van der Waals surface area contributed by atoms with Crippen LogP contribution in [-0.4, -0.2) is 37.7 Å². The maximum atomic E-state index is 10.8. The first-order chi connectivity index (χ1) is 12.0. The Kier molecular flexibility index (Phi) is 4.43. The summed E-state index contributed by atoms with van der Waals surface area (Å²) in [5, 5.41) is 15.9. The van der Waals surface area contributed by atoms with Crippen molar-refractivity contribution in [1.29, 1.82) is 0 Å². The lowest BCUT2D eigenvalue weighted by atomic mass is 9.95. The molecule has 2 atom stereocenters. The minimum absolute atomic E-state index is 0.0785. The van der Waals surface area contributed by atoms with Crippen LogP contribution in [0.1, 0.15) is 42.1 Å². The molecule has 1 aliphatic rings. The highest BCUT2D eigenvalue weighted by molar-refractivity contribution is 7.17. The van der Waals surface area contributed by atoms with Crippen molar-refractivity contribution in [2.24, 2.45) is 5.92 Å². The first kappa shape index (κ1) is 16.8. The number of benzene rings is 1. The molecular weight excluding hydrogens is 356 g/mol. The third-order valence-corrected chi connectivity index (χ3v) is 6.22. The molecule has 0 saturated carbocycles. The average molecular weight is 377 g/mol. The molecule has 0 spiro atoms. The van der Waals surface area contributed by atoms with Crippen molar-refractivity contribution >= 4 is 27.9 Å². The fourth-order valence-corrected chi connectivity index (χ4v) is 5.08. The first-order valence-corrected chi connectivity index (χ1v) is 9.77. The van der Waals surface area contributed by atoms with E-state index >= 15 is 0 Å². The predicted molar refractivity (Wildman–Crippen MR) is 101 cm³/mol. The minimum atomic E-state index is -0.0785. The first-order valence-electron chi connectivity index (χ1n) is 8.58. The van der Waals surface area contributed by atoms with Crippen LogP contribution in [0.25, 0.3) is 4.96 Å². The van der Waals surface area contributed by atoms with Crippen molar-refractivity contribution in [2.75, 3.05) is 13.1 Å². The second-order valence-electron chi connectivity index (χ2n) is 6.81. The molecule has 1 fully saturated rings. The normalized spacial score (nSPS) is 20.2. The van der Waals surface area contributed by atoms with Crippen molar-refractivity contribution in [3.8, 4) is 5.88 Å². The van der Waals surface area contributed by atoms with Gasteiger partial charge in [-0.1, -0.05) is 48.1 Å². The van der Waals surface area contributed by atoms with Crippen LogP contribution in [0.3, 0.4) is 0 Å². The van der Waals surface area contributed by atoms with Gasteiger partial charge in [0.25, 0.3) is 0 Å². The number of hydrogen-bond donors (Lipinski definition) is 1. The van der Waals surface area contributed by atoms with Crippen molar-refractivity contribution in [3.05, 3.63) is 45.6 Å². The quantitative estimate of drug-likeness (QED) is 0.741. The fourth-order valence-electron chi connectivity index (χ4n) is 3.69. The zero-order valence-corrected chi connectivity index (χ0v) is 15.9. The highest BCUT2D eigenvalue weighted by Gasteiger charge is 2.32. The Bertz CT molecular complexity index is 906. The highest BCUT2D eigenvalue weighted by atomic mass is 35.5. The van der Waals surface area contributed by atoms with Crippen LogP contribution < -0.4 is 0 Å². The summed E-state index contributed by atoms with van der Waals surface area (Å²) >= 11 is 8.02. The largest absolute Gasteiger partial charge is 0.492 e. The van der Waals surface area contributed by atoms with Crippen molar-refractivity contribution < 1.29 is 5.11 Å². The van der Waals surface area contributed by atoms with Gasteiger partial charge in [-0.3, -0.25) is 4.90 Å². The standard InChI is InChI=1S/C18H21ClN4OS/c1-11-6-5-9-22(10-11)15(13-7-3-4-8-14(13)19)16-17(24)23-18(25-16)20-12(2)21-23/h3-4,7-8,11,15,24H,5-6,9-10H2,1-2H3/t11-,15+/m1/s1. The van der Waals surface area contributed by atoms with Crippen LogP contribution in [-0.2, 0) is 0 Å². The predicted octanol–water partition coefficient (Wildman–Crippen LogP) is 4.28. The third-order valence-electron chi connectivity index (χ3n) is 4.81. The van der Waals surface area contributed by atoms with E-state index in [-0.39, 0.29) is 11.9 Å². The smallest absolute Gasteiger partial charge is 0.230 e. The number of likely N-dealkylation sites (tertiary alicyclic amines) is 1. The van der Waals surface area contributed by atoms with E-state index < -0.39 is 0 Å². The fraction of sp³-hybridized carbons (Fsp3) is 0.444. The Balaban J connectivity index is 1.85. The van der Waals surface area contributed by atoms with Crippen molar-refractivity contribution in [1.82, 2.24) is 19.5 Å². The van der Waals surface area contributed by atoms with Crippen molar-refractivity contribution in [3.63, 3.8) is 0 Å². The number of rotatable bonds is 3. The molecule has 5 nitrogen and oxygen atoms in total. The maximum absolute atomic E-state index is 10.8. The monoisotopic (exact) mass is 376 g/mol. The lowest BCUT2D eigenvalue weighted by Crippen LogP contribution is -2.37. The van der Waals surface area contributed by atoms with Gasteiger partial charge in [-0.05, 0) is 43.9 Å². The number of fused-ring (bicyclic) bond motifs is 1. The summed E-state index contributed by atoms with van der Waals surface area (Å²) in [5.41, 5.74) is 1.02. The Morgan fingerprint density at radius 3 is 2.88 bits per heavy atom. The van der Waals surface area contributed by atoms with E-state index in [1.807, 2.05) is 31.2 Å². The van der Waals surface area contributed by atoms with E-state index in [0.717, 1.165) is 35.0 Å². The van der Waals surface area contributed by atoms with E-state index in [2.05, 4.69) is 21.9 Å². The summed E-state index contributed by atoms with van der Waals surface area (Å²) < 4.78 is 1.53. The molecule has 1 aromatic carbocycles. The van der Waals surface area contributed by atoms with Crippen LogP contribution in [0.5, 0.6) is 5.88 Å². The zero-order valence-electron chi connectivity index (χ0n) is 14.3. The summed E-state index contributed by atoms with van der Waals surface area (Å²) in [6.45, 7) is 6.09. The van der Waals surface area contributed by atoms with Crippen LogP contribution >= 0.6 is 22.9 Å². The van der Waals surface area contributed by atoms with Gasteiger partial charge in [0.15, 0.2) is 0 Å². The van der Waals surface area contributed by atoms with Crippen LogP contribution in [0.15, 0.2) is 24.3 Å². The van der Waals surface area contributed by atoms with Gasteiger partial charge < -0.3 is 5.11 Å². The molecule has 7 heteroatoms. The summed E-state index contributed by atoms with van der Waals surface area (Å²) in [5.74, 6) is 1.46.